The summed E-state index contributed by atoms with van der Waals surface area (Å²) < 4.78 is 15.8. The van der Waals surface area contributed by atoms with Gasteiger partial charge in [0.2, 0.25) is 0 Å². The Morgan fingerprint density at radius 2 is 2.03 bits per heavy atom. The molecule has 1 N–H and O–H groups in total. The van der Waals surface area contributed by atoms with Crippen LogP contribution in [0.25, 0.3) is 11.1 Å². The fraction of sp³-hybridized carbons (Fsp3) is 0.462. The number of esters is 2. The summed E-state index contributed by atoms with van der Waals surface area (Å²) in [6.07, 6.45) is 3.03. The van der Waals surface area contributed by atoms with Crippen LogP contribution in [-0.4, -0.2) is 36.0 Å². The Kier molecular flexibility index (Phi) is 6.98. The van der Waals surface area contributed by atoms with Crippen LogP contribution in [0, 0.1) is 11.3 Å². The van der Waals surface area contributed by atoms with E-state index in [1.807, 2.05) is 0 Å². The van der Waals surface area contributed by atoms with Crippen molar-refractivity contribution < 1.29 is 28.3 Å². The van der Waals surface area contributed by atoms with Crippen LogP contribution >= 0.6 is 11.3 Å². The molecule has 2 atom stereocenters. The molecule has 9 heteroatoms. The highest BCUT2D eigenvalue weighted by Crippen LogP contribution is 2.44. The molecule has 1 amide bonds. The van der Waals surface area contributed by atoms with Gasteiger partial charge in [-0.1, -0.05) is 33.8 Å². The number of nitrogens with zero attached hydrogens (tertiary/aromatic N) is 1. The largest absolute Gasteiger partial charge is 0.465 e. The van der Waals surface area contributed by atoms with Crippen LogP contribution < -0.4 is 5.32 Å². The van der Waals surface area contributed by atoms with E-state index >= 15 is 0 Å². The summed E-state index contributed by atoms with van der Waals surface area (Å²) in [5.74, 6) is -1.16. The molecule has 1 aromatic carbocycles. The summed E-state index contributed by atoms with van der Waals surface area (Å²) in [5, 5.41) is 3.28. The van der Waals surface area contributed by atoms with E-state index in [-0.39, 0.29) is 17.4 Å². The lowest BCUT2D eigenvalue weighted by Gasteiger charge is -2.33. The highest BCUT2D eigenvalue weighted by molar-refractivity contribution is 7.17. The van der Waals surface area contributed by atoms with E-state index in [0.717, 1.165) is 29.7 Å². The number of carbonyl (C=O) groups is 3. The number of amides is 1. The first kappa shape index (κ1) is 24.9. The Morgan fingerprint density at radius 3 is 2.71 bits per heavy atom. The number of aromatic nitrogens is 1. The van der Waals surface area contributed by atoms with Crippen molar-refractivity contribution in [3.8, 4) is 0 Å². The zero-order valence-corrected chi connectivity index (χ0v) is 21.4. The lowest BCUT2D eigenvalue weighted by Crippen LogP contribution is -2.32. The number of benzene rings is 1. The van der Waals surface area contributed by atoms with Crippen molar-refractivity contribution in [3.05, 3.63) is 46.2 Å². The molecule has 4 rings (SSSR count). The van der Waals surface area contributed by atoms with Gasteiger partial charge in [-0.2, -0.15) is 0 Å². The number of hydrogen-bond donors (Lipinski definition) is 1. The number of fused-ring (bicyclic) bond motifs is 2. The van der Waals surface area contributed by atoms with Gasteiger partial charge in [0.25, 0.3) is 5.91 Å². The normalized spacial score (nSPS) is 16.4. The van der Waals surface area contributed by atoms with Gasteiger partial charge in [0.1, 0.15) is 10.5 Å². The average Bonchev–Trinajstić information content (AvgIpc) is 3.44. The van der Waals surface area contributed by atoms with Gasteiger partial charge in [-0.15, -0.1) is 11.3 Å². The van der Waals surface area contributed by atoms with Gasteiger partial charge in [0, 0.05) is 4.88 Å². The van der Waals surface area contributed by atoms with Crippen molar-refractivity contribution in [3.63, 3.8) is 0 Å². The molecule has 2 aromatic heterocycles. The first-order valence-electron chi connectivity index (χ1n) is 11.7. The number of oxazole rings is 1. The maximum Gasteiger partial charge on any atom is 0.341 e. The van der Waals surface area contributed by atoms with Crippen LogP contribution in [0.15, 0.2) is 29.0 Å². The molecule has 0 spiro atoms. The maximum absolute atomic E-state index is 13.2. The lowest BCUT2D eigenvalue weighted by atomic mass is 9.72. The second kappa shape index (κ2) is 9.81. The van der Waals surface area contributed by atoms with Gasteiger partial charge < -0.3 is 19.2 Å². The Morgan fingerprint density at radius 1 is 1.26 bits per heavy atom. The van der Waals surface area contributed by atoms with Crippen molar-refractivity contribution in [1.29, 1.82) is 0 Å². The highest BCUT2D eigenvalue weighted by atomic mass is 32.1. The third-order valence-electron chi connectivity index (χ3n) is 6.61. The quantitative estimate of drug-likeness (QED) is 0.453. The van der Waals surface area contributed by atoms with Crippen molar-refractivity contribution in [1.82, 2.24) is 4.98 Å². The summed E-state index contributed by atoms with van der Waals surface area (Å²) in [5.41, 5.74) is 2.54. The predicted molar refractivity (Wildman–Crippen MR) is 133 cm³/mol. The average molecular weight is 499 g/mol. The molecule has 0 aliphatic heterocycles. The van der Waals surface area contributed by atoms with E-state index in [2.05, 4.69) is 31.1 Å². The van der Waals surface area contributed by atoms with E-state index in [4.69, 9.17) is 13.9 Å². The molecule has 1 aliphatic rings. The number of nitrogens with one attached hydrogen (secondary N) is 1. The number of para-hydroxylation sites is 1. The fourth-order valence-electron chi connectivity index (χ4n) is 4.49. The van der Waals surface area contributed by atoms with E-state index in [1.54, 1.807) is 25.1 Å². The summed E-state index contributed by atoms with van der Waals surface area (Å²) in [4.78, 5) is 43.8. The van der Waals surface area contributed by atoms with Gasteiger partial charge >= 0.3 is 11.9 Å². The number of methoxy groups -OCH3 is 1. The maximum atomic E-state index is 13.2. The van der Waals surface area contributed by atoms with Crippen molar-refractivity contribution in [2.45, 2.75) is 59.5 Å². The summed E-state index contributed by atoms with van der Waals surface area (Å²) >= 11 is 1.40. The summed E-state index contributed by atoms with van der Waals surface area (Å²) in [6.45, 7) is 8.42. The fourth-order valence-corrected chi connectivity index (χ4v) is 5.81. The van der Waals surface area contributed by atoms with Crippen molar-refractivity contribution in [2.24, 2.45) is 11.3 Å². The molecule has 186 valence electrons. The second-order valence-electron chi connectivity index (χ2n) is 9.80. The molecule has 0 saturated heterocycles. The SMILES string of the molecule is CCC(OC(=O)c1cccc2ocnc12)C(=O)Nc1sc2c(c1C(=O)OC)CCC(C(C)(C)C)C2. The molecule has 0 radical (unpaired) electrons. The minimum absolute atomic E-state index is 0.144. The zero-order chi connectivity index (χ0) is 25.3. The first-order valence-corrected chi connectivity index (χ1v) is 12.5. The topological polar surface area (TPSA) is 108 Å². The Labute approximate surface area is 208 Å². The minimum Gasteiger partial charge on any atom is -0.465 e. The molecule has 1 aliphatic carbocycles. The molecular formula is C26H30N2O6S. The van der Waals surface area contributed by atoms with Crippen molar-refractivity contribution in [2.75, 3.05) is 12.4 Å². The van der Waals surface area contributed by atoms with E-state index in [0.29, 0.717) is 27.6 Å². The summed E-state index contributed by atoms with van der Waals surface area (Å²) in [7, 11) is 1.33. The number of hydrogen-bond acceptors (Lipinski definition) is 8. The van der Waals surface area contributed by atoms with Crippen LogP contribution in [0.1, 0.15) is 71.7 Å². The van der Waals surface area contributed by atoms with Gasteiger partial charge in [-0.25, -0.2) is 14.6 Å². The standard InChI is InChI=1S/C26H30N2O6S/c1-6-17(34-24(30)16-8-7-9-18-21(16)27-13-33-18)22(29)28-23-20(25(31)32-5)15-11-10-14(26(2,3)4)12-19(15)35-23/h7-9,13-14,17H,6,10-12H2,1-5H3,(H,28,29). The minimum atomic E-state index is -1.04. The molecule has 3 aromatic rings. The van der Waals surface area contributed by atoms with Crippen LogP contribution in [0.2, 0.25) is 0 Å². The van der Waals surface area contributed by atoms with E-state index < -0.39 is 23.9 Å². The smallest absolute Gasteiger partial charge is 0.341 e. The van der Waals surface area contributed by atoms with Crippen LogP contribution in [0.4, 0.5) is 5.00 Å². The summed E-state index contributed by atoms with van der Waals surface area (Å²) in [6, 6.07) is 4.93. The van der Waals surface area contributed by atoms with E-state index in [1.165, 1.54) is 24.8 Å². The highest BCUT2D eigenvalue weighted by Gasteiger charge is 2.35. The molecule has 0 fully saturated rings. The number of ether oxygens (including phenoxy) is 2. The third-order valence-corrected chi connectivity index (χ3v) is 7.78. The van der Waals surface area contributed by atoms with Crippen LogP contribution in [0.5, 0.6) is 0 Å². The third kappa shape index (κ3) is 4.96. The second-order valence-corrected chi connectivity index (χ2v) is 10.9. The van der Waals surface area contributed by atoms with Crippen molar-refractivity contribution >= 4 is 45.3 Å². The number of thiophene rings is 1. The monoisotopic (exact) mass is 498 g/mol. The molecule has 0 bridgehead atoms. The molecule has 8 nitrogen and oxygen atoms in total. The van der Waals surface area contributed by atoms with E-state index in [9.17, 15) is 14.4 Å². The lowest BCUT2D eigenvalue weighted by molar-refractivity contribution is -0.124. The predicted octanol–water partition coefficient (Wildman–Crippen LogP) is 5.40. The zero-order valence-electron chi connectivity index (χ0n) is 20.6. The number of rotatable bonds is 6. The van der Waals surface area contributed by atoms with Crippen LogP contribution in [-0.2, 0) is 27.1 Å². The Balaban J connectivity index is 1.56. The Bertz CT molecular complexity index is 1270. The molecule has 35 heavy (non-hydrogen) atoms. The van der Waals surface area contributed by atoms with Gasteiger partial charge in [0.15, 0.2) is 18.1 Å². The Hall–Kier alpha value is -3.20. The van der Waals surface area contributed by atoms with Gasteiger partial charge in [-0.05, 0) is 54.7 Å². The first-order chi connectivity index (χ1) is 16.6. The van der Waals surface area contributed by atoms with Gasteiger partial charge in [-0.3, -0.25) is 4.79 Å². The number of anilines is 1. The molecular weight excluding hydrogens is 468 g/mol. The number of carbonyl (C=O) groups excluding carboxylic acids is 3. The molecule has 2 heterocycles. The molecule has 0 saturated carbocycles. The van der Waals surface area contributed by atoms with Gasteiger partial charge in [0.05, 0.1) is 18.2 Å². The molecule has 2 unspecified atom stereocenters. The van der Waals surface area contributed by atoms with Crippen LogP contribution in [0.3, 0.4) is 0 Å².